The smallest absolute Gasteiger partial charge is 0.268 e. The van der Waals surface area contributed by atoms with Crippen molar-refractivity contribution in [3.05, 3.63) is 36.0 Å². The summed E-state index contributed by atoms with van der Waals surface area (Å²) < 4.78 is 1.91. The van der Waals surface area contributed by atoms with Crippen LogP contribution in [-0.2, 0) is 11.8 Å². The number of fused-ring (bicyclic) bond motifs is 1. The summed E-state index contributed by atoms with van der Waals surface area (Å²) in [4.78, 5) is 31.0. The Bertz CT molecular complexity index is 997. The summed E-state index contributed by atoms with van der Waals surface area (Å²) in [5, 5.41) is 4.08. The van der Waals surface area contributed by atoms with Gasteiger partial charge < -0.3 is 19.7 Å². The molecule has 0 spiro atoms. The minimum absolute atomic E-state index is 0.101. The lowest BCUT2D eigenvalue weighted by molar-refractivity contribution is -0.133. The van der Waals surface area contributed by atoms with Gasteiger partial charge in [0.05, 0.1) is 0 Å². The van der Waals surface area contributed by atoms with E-state index in [-0.39, 0.29) is 11.8 Å². The number of rotatable bonds is 7. The van der Waals surface area contributed by atoms with Gasteiger partial charge in [0, 0.05) is 42.6 Å². The van der Waals surface area contributed by atoms with Crippen molar-refractivity contribution in [2.24, 2.45) is 13.0 Å². The maximum Gasteiger partial charge on any atom is 0.268 e. The van der Waals surface area contributed by atoms with Gasteiger partial charge in [0.15, 0.2) is 0 Å². The summed E-state index contributed by atoms with van der Waals surface area (Å²) in [6.07, 6.45) is 6.34. The van der Waals surface area contributed by atoms with Crippen molar-refractivity contribution in [3.8, 4) is 0 Å². The number of aryl methyl sites for hydroxylation is 1. The molecular formula is C27H40N4O2. The average molecular weight is 453 g/mol. The van der Waals surface area contributed by atoms with Crippen LogP contribution in [0.1, 0.15) is 69.8 Å². The molecule has 180 valence electrons. The van der Waals surface area contributed by atoms with Crippen LogP contribution >= 0.6 is 0 Å². The molecule has 6 heteroatoms. The number of aromatic nitrogens is 1. The molecule has 33 heavy (non-hydrogen) atoms. The molecule has 1 aromatic heterocycles. The van der Waals surface area contributed by atoms with Crippen LogP contribution in [0.4, 0.5) is 0 Å². The largest absolute Gasteiger partial charge is 0.340 e. The fraction of sp³-hybridized carbons (Fsp3) is 0.630. The van der Waals surface area contributed by atoms with Gasteiger partial charge in [0.25, 0.3) is 5.91 Å². The third-order valence-corrected chi connectivity index (χ3v) is 8.09. The molecule has 1 unspecified atom stereocenters. The number of carbonyl (C=O) groups is 2. The summed E-state index contributed by atoms with van der Waals surface area (Å²) >= 11 is 0. The lowest BCUT2D eigenvalue weighted by Gasteiger charge is -2.44. The first-order valence-corrected chi connectivity index (χ1v) is 12.7. The van der Waals surface area contributed by atoms with E-state index in [1.165, 1.54) is 0 Å². The van der Waals surface area contributed by atoms with Crippen molar-refractivity contribution in [2.45, 2.75) is 83.5 Å². The van der Waals surface area contributed by atoms with Crippen LogP contribution in [0.5, 0.6) is 0 Å². The van der Waals surface area contributed by atoms with E-state index in [2.05, 4.69) is 42.9 Å². The fourth-order valence-corrected chi connectivity index (χ4v) is 6.01. The van der Waals surface area contributed by atoms with E-state index in [9.17, 15) is 9.59 Å². The highest BCUT2D eigenvalue weighted by Gasteiger charge is 2.42. The summed E-state index contributed by atoms with van der Waals surface area (Å²) in [6, 6.07) is 10.9. The first-order valence-electron chi connectivity index (χ1n) is 12.7. The highest BCUT2D eigenvalue weighted by molar-refractivity contribution is 6.01. The molecule has 1 saturated heterocycles. The number of nitrogens with one attached hydrogen (secondary N) is 1. The highest BCUT2D eigenvalue weighted by Crippen LogP contribution is 2.36. The quantitative estimate of drug-likeness (QED) is 0.685. The number of benzene rings is 1. The molecule has 1 N–H and O–H groups in total. The van der Waals surface area contributed by atoms with Gasteiger partial charge in [-0.1, -0.05) is 31.5 Å². The summed E-state index contributed by atoms with van der Waals surface area (Å²) in [5.41, 5.74) is 1.62. The molecule has 2 fully saturated rings. The van der Waals surface area contributed by atoms with Gasteiger partial charge in [0.1, 0.15) is 11.7 Å². The first kappa shape index (κ1) is 23.8. The van der Waals surface area contributed by atoms with Crippen LogP contribution in [0.3, 0.4) is 0 Å². The second-order valence-electron chi connectivity index (χ2n) is 10.3. The van der Waals surface area contributed by atoms with Crippen LogP contribution in [0.15, 0.2) is 30.3 Å². The third kappa shape index (κ3) is 4.68. The predicted octanol–water partition coefficient (Wildman–Crippen LogP) is 4.19. The lowest BCUT2D eigenvalue weighted by Crippen LogP contribution is -2.51. The number of nitrogens with zero attached hydrogens (tertiary/aromatic N) is 3. The van der Waals surface area contributed by atoms with E-state index in [1.807, 2.05) is 41.9 Å². The topological polar surface area (TPSA) is 57.6 Å². The maximum absolute atomic E-state index is 13.4. The molecule has 0 bridgehead atoms. The molecule has 2 aromatic rings. The van der Waals surface area contributed by atoms with Crippen LogP contribution in [-0.4, -0.2) is 63.9 Å². The van der Waals surface area contributed by atoms with Crippen LogP contribution in [0.2, 0.25) is 0 Å². The Hall–Kier alpha value is -2.34. The Kier molecular flexibility index (Phi) is 7.13. The Morgan fingerprint density at radius 1 is 1.21 bits per heavy atom. The highest BCUT2D eigenvalue weighted by atomic mass is 16.2. The van der Waals surface area contributed by atoms with Gasteiger partial charge in [-0.15, -0.1) is 0 Å². The van der Waals surface area contributed by atoms with Crippen molar-refractivity contribution >= 4 is 22.7 Å². The second kappa shape index (κ2) is 9.88. The monoisotopic (exact) mass is 452 g/mol. The van der Waals surface area contributed by atoms with Crippen molar-refractivity contribution in [1.82, 2.24) is 19.7 Å². The Balaban J connectivity index is 1.43. The van der Waals surface area contributed by atoms with Gasteiger partial charge in [-0.3, -0.25) is 9.59 Å². The molecule has 0 radical (unpaired) electrons. The van der Waals surface area contributed by atoms with E-state index in [0.717, 1.165) is 49.6 Å². The average Bonchev–Trinajstić information content (AvgIpc) is 3.33. The van der Waals surface area contributed by atoms with Gasteiger partial charge >= 0.3 is 0 Å². The van der Waals surface area contributed by atoms with Gasteiger partial charge in [-0.25, -0.2) is 0 Å². The first-order chi connectivity index (χ1) is 15.8. The summed E-state index contributed by atoms with van der Waals surface area (Å²) in [6.45, 7) is 7.50. The summed E-state index contributed by atoms with van der Waals surface area (Å²) in [7, 11) is 4.14. The SMILES string of the molecule is CCC[C@@H]1C[C@H](N(C)C(C)C)CC[C@@H]1N1CCC(NC(=O)c2cc3ccccc3n2C)C1=O. The Morgan fingerprint density at radius 2 is 1.97 bits per heavy atom. The molecule has 6 nitrogen and oxygen atoms in total. The molecular weight excluding hydrogens is 412 g/mol. The number of carbonyl (C=O) groups excluding carboxylic acids is 2. The van der Waals surface area contributed by atoms with Crippen LogP contribution in [0, 0.1) is 5.92 Å². The fourth-order valence-electron chi connectivity index (χ4n) is 6.01. The normalized spacial score (nSPS) is 26.0. The minimum Gasteiger partial charge on any atom is -0.340 e. The number of hydrogen-bond acceptors (Lipinski definition) is 3. The van der Waals surface area contributed by atoms with Crippen molar-refractivity contribution in [1.29, 1.82) is 0 Å². The zero-order chi connectivity index (χ0) is 23.7. The molecule has 1 aliphatic heterocycles. The zero-order valence-electron chi connectivity index (χ0n) is 20.9. The minimum atomic E-state index is -0.422. The summed E-state index contributed by atoms with van der Waals surface area (Å²) in [5.74, 6) is 0.469. The molecule has 4 atom stereocenters. The van der Waals surface area contributed by atoms with Gasteiger partial charge in [-0.05, 0) is 71.0 Å². The Labute approximate surface area is 198 Å². The zero-order valence-corrected chi connectivity index (χ0v) is 20.9. The van der Waals surface area contributed by atoms with Crippen molar-refractivity contribution in [2.75, 3.05) is 13.6 Å². The van der Waals surface area contributed by atoms with E-state index >= 15 is 0 Å². The van der Waals surface area contributed by atoms with Crippen LogP contribution < -0.4 is 5.32 Å². The molecule has 2 heterocycles. The van der Waals surface area contributed by atoms with E-state index in [1.54, 1.807) is 0 Å². The maximum atomic E-state index is 13.4. The van der Waals surface area contributed by atoms with Gasteiger partial charge in [-0.2, -0.15) is 0 Å². The van der Waals surface area contributed by atoms with E-state index in [0.29, 0.717) is 36.2 Å². The molecule has 1 aromatic carbocycles. The van der Waals surface area contributed by atoms with E-state index in [4.69, 9.17) is 0 Å². The number of amides is 2. The molecule has 4 rings (SSSR count). The lowest BCUT2D eigenvalue weighted by atomic mass is 9.77. The third-order valence-electron chi connectivity index (χ3n) is 8.09. The van der Waals surface area contributed by atoms with Crippen molar-refractivity contribution in [3.63, 3.8) is 0 Å². The molecule has 1 aliphatic carbocycles. The molecule has 2 amide bonds. The number of likely N-dealkylation sites (tertiary alicyclic amines) is 1. The second-order valence-corrected chi connectivity index (χ2v) is 10.3. The van der Waals surface area contributed by atoms with E-state index < -0.39 is 6.04 Å². The standard InChI is InChI=1S/C27H40N4O2/c1-6-9-19-16-21(29(4)18(2)3)12-13-24(19)31-15-14-22(27(31)33)28-26(32)25-17-20-10-7-8-11-23(20)30(25)5/h7-8,10-11,17-19,21-22,24H,6,9,12-16H2,1-5H3,(H,28,32)/t19-,21-,22?,24+/m1/s1. The number of para-hydroxylation sites is 1. The number of hydrogen-bond donors (Lipinski definition) is 1. The Morgan fingerprint density at radius 3 is 2.67 bits per heavy atom. The van der Waals surface area contributed by atoms with Crippen molar-refractivity contribution < 1.29 is 9.59 Å². The predicted molar refractivity (Wildman–Crippen MR) is 133 cm³/mol. The molecule has 1 saturated carbocycles. The molecule has 2 aliphatic rings. The van der Waals surface area contributed by atoms with Gasteiger partial charge in [0.2, 0.25) is 5.91 Å². The van der Waals surface area contributed by atoms with Crippen LogP contribution in [0.25, 0.3) is 10.9 Å².